The molecule has 0 saturated carbocycles. The van der Waals surface area contributed by atoms with Crippen molar-refractivity contribution in [2.24, 2.45) is 4.99 Å². The molecule has 0 fully saturated rings. The second kappa shape index (κ2) is 1.91. The number of hydrogen-bond donors (Lipinski definition) is 2. The maximum Gasteiger partial charge on any atom is 0.261 e. The molecule has 0 aliphatic carbocycles. The zero-order chi connectivity index (χ0) is 7.84. The third kappa shape index (κ3) is 0.813. The number of aromatic amines is 1. The number of H-pyrrole nitrogens is 1. The number of fused-ring (bicyclic) bond motifs is 1. The van der Waals surface area contributed by atoms with E-state index in [1.54, 1.807) is 6.08 Å². The summed E-state index contributed by atoms with van der Waals surface area (Å²) < 4.78 is 0. The van der Waals surface area contributed by atoms with Gasteiger partial charge in [-0.3, -0.25) is 14.8 Å². The molecule has 1 aliphatic heterocycles. The minimum atomic E-state index is -0.214. The Morgan fingerprint density at radius 2 is 2.45 bits per heavy atom. The van der Waals surface area contributed by atoms with Gasteiger partial charge in [0, 0.05) is 0 Å². The van der Waals surface area contributed by atoms with Crippen molar-refractivity contribution in [3.8, 4) is 0 Å². The fourth-order valence-corrected chi connectivity index (χ4v) is 1.02. The lowest BCUT2D eigenvalue weighted by Crippen LogP contribution is -2.41. The quantitative estimate of drug-likeness (QED) is 0.439. The monoisotopic (exact) mass is 150 g/mol. The summed E-state index contributed by atoms with van der Waals surface area (Å²) in [6, 6.07) is 0. The second-order valence-corrected chi connectivity index (χ2v) is 2.23. The van der Waals surface area contributed by atoms with Crippen LogP contribution in [0.1, 0.15) is 0 Å². The molecule has 0 spiro atoms. The molecule has 0 bridgehead atoms. The maximum absolute atomic E-state index is 11.1. The van der Waals surface area contributed by atoms with Crippen LogP contribution in [0.15, 0.2) is 9.79 Å². The fraction of sp³-hybridized carbons (Fsp3) is 0.167. The van der Waals surface area contributed by atoms with Crippen molar-refractivity contribution < 1.29 is 0 Å². The lowest BCUT2D eigenvalue weighted by Gasteiger charge is -1.87. The molecule has 0 saturated heterocycles. The van der Waals surface area contributed by atoms with Gasteiger partial charge in [0.1, 0.15) is 0 Å². The molecule has 0 atom stereocenters. The first-order valence-electron chi connectivity index (χ1n) is 3.18. The van der Waals surface area contributed by atoms with Crippen LogP contribution in [-0.2, 0) is 0 Å². The molecule has 3 N–H and O–H groups in total. The van der Waals surface area contributed by atoms with E-state index in [0.29, 0.717) is 17.3 Å². The van der Waals surface area contributed by atoms with Crippen molar-refractivity contribution >= 4 is 12.0 Å². The highest BCUT2D eigenvalue weighted by atomic mass is 16.1. The first-order chi connectivity index (χ1) is 5.27. The van der Waals surface area contributed by atoms with Gasteiger partial charge in [-0.05, 0) is 6.08 Å². The van der Waals surface area contributed by atoms with Crippen LogP contribution in [-0.4, -0.2) is 16.5 Å². The molecular formula is C6H6N4O. The van der Waals surface area contributed by atoms with E-state index in [-0.39, 0.29) is 11.5 Å². The lowest BCUT2D eigenvalue weighted by molar-refractivity contribution is 1.02. The van der Waals surface area contributed by atoms with Gasteiger partial charge in [-0.15, -0.1) is 0 Å². The van der Waals surface area contributed by atoms with E-state index in [9.17, 15) is 4.79 Å². The number of hydrogen-bond acceptors (Lipinski definition) is 4. The number of nitrogens with zero attached hydrogens (tertiary/aromatic N) is 2. The van der Waals surface area contributed by atoms with Gasteiger partial charge in [-0.1, -0.05) is 0 Å². The number of aromatic nitrogens is 2. The van der Waals surface area contributed by atoms with E-state index in [2.05, 4.69) is 15.0 Å². The Kier molecular flexibility index (Phi) is 1.06. The van der Waals surface area contributed by atoms with Crippen LogP contribution in [0.3, 0.4) is 0 Å². The minimum absolute atomic E-state index is 0.118. The van der Waals surface area contributed by atoms with Crippen LogP contribution in [0, 0.1) is 0 Å². The van der Waals surface area contributed by atoms with Gasteiger partial charge in [0.25, 0.3) is 5.56 Å². The maximum atomic E-state index is 11.1. The van der Waals surface area contributed by atoms with Crippen molar-refractivity contribution in [3.05, 3.63) is 21.1 Å². The molecule has 0 amide bonds. The average Bonchev–Trinajstić information content (AvgIpc) is 2.34. The zero-order valence-corrected chi connectivity index (χ0v) is 5.66. The highest BCUT2D eigenvalue weighted by Gasteiger charge is 2.00. The van der Waals surface area contributed by atoms with Gasteiger partial charge in [0.05, 0.1) is 11.8 Å². The van der Waals surface area contributed by atoms with Crippen LogP contribution < -0.4 is 22.0 Å². The number of rotatable bonds is 0. The summed E-state index contributed by atoms with van der Waals surface area (Å²) in [5.74, 6) is 0.118. The summed E-state index contributed by atoms with van der Waals surface area (Å²) in [6.45, 7) is 0.523. The molecule has 56 valence electrons. The highest BCUT2D eigenvalue weighted by molar-refractivity contribution is 5.28. The van der Waals surface area contributed by atoms with E-state index in [4.69, 9.17) is 5.73 Å². The van der Waals surface area contributed by atoms with E-state index in [1.165, 1.54) is 0 Å². The molecule has 0 aromatic carbocycles. The number of nitrogens with one attached hydrogen (secondary N) is 1. The van der Waals surface area contributed by atoms with E-state index in [1.807, 2.05) is 0 Å². The third-order valence-corrected chi connectivity index (χ3v) is 1.49. The van der Waals surface area contributed by atoms with Crippen molar-refractivity contribution in [1.82, 2.24) is 9.97 Å². The summed E-state index contributed by atoms with van der Waals surface area (Å²) in [5.41, 5.74) is 5.53. The Labute approximate surface area is 61.3 Å². The standard InChI is InChI=1S/C6H6N4O/c7-6-9-4-3(1-2-8-4)5(11)10-6/h1H,2H2,(H3,7,8,9,10,11). The molecule has 1 aromatic rings. The normalized spacial score (nSPS) is 13.5. The fourth-order valence-electron chi connectivity index (χ4n) is 1.02. The van der Waals surface area contributed by atoms with Gasteiger partial charge in [-0.2, -0.15) is 4.98 Å². The summed E-state index contributed by atoms with van der Waals surface area (Å²) in [4.78, 5) is 21.2. The SMILES string of the molecule is Nc1nc2c(c(=O)[nH]1)=CCN=2. The lowest BCUT2D eigenvalue weighted by atomic mass is 10.4. The molecule has 2 heterocycles. The van der Waals surface area contributed by atoms with Crippen LogP contribution in [0.4, 0.5) is 5.95 Å². The summed E-state index contributed by atoms with van der Waals surface area (Å²) in [7, 11) is 0. The van der Waals surface area contributed by atoms with Crippen molar-refractivity contribution in [1.29, 1.82) is 0 Å². The third-order valence-electron chi connectivity index (χ3n) is 1.49. The predicted molar refractivity (Wildman–Crippen MR) is 39.4 cm³/mol. The molecule has 1 aliphatic rings. The number of nitrogens with two attached hydrogens (primary N) is 1. The molecule has 5 nitrogen and oxygen atoms in total. The summed E-state index contributed by atoms with van der Waals surface area (Å²) >= 11 is 0. The second-order valence-electron chi connectivity index (χ2n) is 2.23. The molecule has 2 rings (SSSR count). The largest absolute Gasteiger partial charge is 0.369 e. The van der Waals surface area contributed by atoms with E-state index < -0.39 is 0 Å². The van der Waals surface area contributed by atoms with Gasteiger partial charge >= 0.3 is 0 Å². The van der Waals surface area contributed by atoms with Crippen LogP contribution >= 0.6 is 0 Å². The molecule has 1 aromatic heterocycles. The summed E-state index contributed by atoms with van der Waals surface area (Å²) in [6.07, 6.45) is 1.72. The van der Waals surface area contributed by atoms with Gasteiger partial charge in [0.2, 0.25) is 5.95 Å². The average molecular weight is 150 g/mol. The Morgan fingerprint density at radius 1 is 1.64 bits per heavy atom. The van der Waals surface area contributed by atoms with Crippen molar-refractivity contribution in [2.75, 3.05) is 12.3 Å². The summed E-state index contributed by atoms with van der Waals surface area (Å²) in [5, 5.41) is 0.527. The molecule has 5 heteroatoms. The Hall–Kier alpha value is -1.65. The smallest absolute Gasteiger partial charge is 0.261 e. The van der Waals surface area contributed by atoms with Crippen molar-refractivity contribution in [3.63, 3.8) is 0 Å². The van der Waals surface area contributed by atoms with E-state index in [0.717, 1.165) is 0 Å². The Bertz CT molecular complexity index is 458. The van der Waals surface area contributed by atoms with Crippen LogP contribution in [0.25, 0.3) is 6.08 Å². The van der Waals surface area contributed by atoms with Crippen molar-refractivity contribution in [2.45, 2.75) is 0 Å². The molecule has 0 radical (unpaired) electrons. The molecule has 11 heavy (non-hydrogen) atoms. The van der Waals surface area contributed by atoms with Crippen LogP contribution in [0.5, 0.6) is 0 Å². The van der Waals surface area contributed by atoms with Gasteiger partial charge in [0.15, 0.2) is 5.49 Å². The minimum Gasteiger partial charge on any atom is -0.369 e. The predicted octanol–water partition coefficient (Wildman–Crippen LogP) is -2.23. The Balaban J connectivity index is 3.05. The Morgan fingerprint density at radius 3 is 3.27 bits per heavy atom. The number of nitrogen functional groups attached to an aromatic ring is 1. The first-order valence-corrected chi connectivity index (χ1v) is 3.18. The molecular weight excluding hydrogens is 144 g/mol. The zero-order valence-electron chi connectivity index (χ0n) is 5.66. The van der Waals surface area contributed by atoms with Gasteiger partial charge in [-0.25, -0.2) is 0 Å². The number of anilines is 1. The highest BCUT2D eigenvalue weighted by Crippen LogP contribution is 1.76. The van der Waals surface area contributed by atoms with Crippen LogP contribution in [0.2, 0.25) is 0 Å². The van der Waals surface area contributed by atoms with Gasteiger partial charge < -0.3 is 5.73 Å². The topological polar surface area (TPSA) is 84.1 Å². The van der Waals surface area contributed by atoms with E-state index >= 15 is 0 Å². The molecule has 0 unspecified atom stereocenters. The first kappa shape index (κ1) is 6.09.